The van der Waals surface area contributed by atoms with Crippen LogP contribution in [0.4, 0.5) is 5.69 Å². The van der Waals surface area contributed by atoms with E-state index in [0.717, 1.165) is 11.4 Å². The highest BCUT2D eigenvalue weighted by atomic mass is 32.2. The van der Waals surface area contributed by atoms with Crippen molar-refractivity contribution in [3.63, 3.8) is 0 Å². The van der Waals surface area contributed by atoms with Crippen molar-refractivity contribution in [2.75, 3.05) is 5.73 Å². The molecule has 18 heavy (non-hydrogen) atoms. The Morgan fingerprint density at radius 3 is 2.89 bits per heavy atom. The molecule has 0 bridgehead atoms. The number of rotatable bonds is 5. The third kappa shape index (κ3) is 3.73. The molecule has 0 aliphatic heterocycles. The fraction of sp³-hybridized carbons (Fsp3) is 0.417. The molecule has 6 heteroatoms. The van der Waals surface area contributed by atoms with E-state index in [1.807, 2.05) is 12.1 Å². The summed E-state index contributed by atoms with van der Waals surface area (Å²) >= 11 is 1.56. The van der Waals surface area contributed by atoms with E-state index in [-0.39, 0.29) is 0 Å². The normalized spacial score (nSPS) is 11.1. The maximum Gasteiger partial charge on any atom is 0.226 e. The predicted molar refractivity (Wildman–Crippen MR) is 71.1 cm³/mol. The highest BCUT2D eigenvalue weighted by Gasteiger charge is 2.08. The smallest absolute Gasteiger partial charge is 0.226 e. The standard InChI is InChI=1S/C12H16N4OS/c1-8(2)5-11-15-10(16-17-11)7-18-12-4-3-9(13)6-14-12/h3-4,6,8H,5,7,13H2,1-2H3. The topological polar surface area (TPSA) is 77.8 Å². The lowest BCUT2D eigenvalue weighted by Crippen LogP contribution is -1.94. The van der Waals surface area contributed by atoms with Gasteiger partial charge in [-0.15, -0.1) is 0 Å². The average Bonchev–Trinajstić information content (AvgIpc) is 2.75. The van der Waals surface area contributed by atoms with E-state index in [2.05, 4.69) is 29.0 Å². The zero-order chi connectivity index (χ0) is 13.0. The van der Waals surface area contributed by atoms with Crippen LogP contribution in [0, 0.1) is 5.92 Å². The minimum absolute atomic E-state index is 0.518. The van der Waals surface area contributed by atoms with Gasteiger partial charge in [-0.2, -0.15) is 4.98 Å². The lowest BCUT2D eigenvalue weighted by atomic mass is 10.1. The summed E-state index contributed by atoms with van der Waals surface area (Å²) < 4.78 is 5.17. The number of hydrogen-bond acceptors (Lipinski definition) is 6. The van der Waals surface area contributed by atoms with Crippen LogP contribution in [-0.4, -0.2) is 15.1 Å². The van der Waals surface area contributed by atoms with Crippen molar-refractivity contribution in [3.8, 4) is 0 Å². The lowest BCUT2D eigenvalue weighted by molar-refractivity contribution is 0.360. The molecule has 2 aromatic heterocycles. The Hall–Kier alpha value is -1.56. The first kappa shape index (κ1) is 12.9. The molecule has 0 amide bonds. The molecule has 2 aromatic rings. The zero-order valence-corrected chi connectivity index (χ0v) is 11.3. The molecule has 0 aliphatic rings. The van der Waals surface area contributed by atoms with Gasteiger partial charge in [0.15, 0.2) is 5.82 Å². The van der Waals surface area contributed by atoms with Crippen molar-refractivity contribution in [2.24, 2.45) is 5.92 Å². The molecule has 0 unspecified atom stereocenters. The summed E-state index contributed by atoms with van der Waals surface area (Å²) in [7, 11) is 0. The van der Waals surface area contributed by atoms with Crippen LogP contribution in [0.25, 0.3) is 0 Å². The van der Waals surface area contributed by atoms with Gasteiger partial charge >= 0.3 is 0 Å². The van der Waals surface area contributed by atoms with Crippen LogP contribution in [-0.2, 0) is 12.2 Å². The summed E-state index contributed by atoms with van der Waals surface area (Å²) in [4.78, 5) is 8.53. The minimum atomic E-state index is 0.518. The van der Waals surface area contributed by atoms with Gasteiger partial charge in [-0.3, -0.25) is 0 Å². The first-order chi connectivity index (χ1) is 8.63. The van der Waals surface area contributed by atoms with Crippen LogP contribution in [0.1, 0.15) is 25.6 Å². The Balaban J connectivity index is 1.90. The summed E-state index contributed by atoms with van der Waals surface area (Å²) in [5.74, 6) is 2.57. The van der Waals surface area contributed by atoms with E-state index < -0.39 is 0 Å². The largest absolute Gasteiger partial charge is 0.397 e. The molecule has 0 fully saturated rings. The van der Waals surface area contributed by atoms with Gasteiger partial charge in [-0.1, -0.05) is 30.8 Å². The molecule has 0 radical (unpaired) electrons. The molecule has 2 heterocycles. The van der Waals surface area contributed by atoms with E-state index in [9.17, 15) is 0 Å². The molecule has 0 aliphatic carbocycles. The van der Waals surface area contributed by atoms with E-state index in [1.165, 1.54) is 0 Å². The van der Waals surface area contributed by atoms with Crippen molar-refractivity contribution >= 4 is 17.4 Å². The minimum Gasteiger partial charge on any atom is -0.397 e. The Morgan fingerprint density at radius 2 is 2.22 bits per heavy atom. The van der Waals surface area contributed by atoms with Crippen LogP contribution in [0.5, 0.6) is 0 Å². The molecule has 0 saturated carbocycles. The van der Waals surface area contributed by atoms with E-state index in [1.54, 1.807) is 18.0 Å². The second-order valence-electron chi connectivity index (χ2n) is 4.42. The molecule has 96 valence electrons. The highest BCUT2D eigenvalue weighted by molar-refractivity contribution is 7.98. The van der Waals surface area contributed by atoms with Gasteiger partial charge in [0.2, 0.25) is 5.89 Å². The number of anilines is 1. The van der Waals surface area contributed by atoms with Crippen LogP contribution in [0.2, 0.25) is 0 Å². The van der Waals surface area contributed by atoms with Crippen molar-refractivity contribution in [2.45, 2.75) is 31.0 Å². The SMILES string of the molecule is CC(C)Cc1nc(CSc2ccc(N)cn2)no1. The molecule has 0 saturated heterocycles. The summed E-state index contributed by atoms with van der Waals surface area (Å²) in [6.45, 7) is 4.24. The average molecular weight is 264 g/mol. The summed E-state index contributed by atoms with van der Waals surface area (Å²) in [6.07, 6.45) is 2.46. The van der Waals surface area contributed by atoms with Crippen LogP contribution in [0.3, 0.4) is 0 Å². The Morgan fingerprint density at radius 1 is 1.39 bits per heavy atom. The van der Waals surface area contributed by atoms with E-state index in [0.29, 0.717) is 29.1 Å². The van der Waals surface area contributed by atoms with Crippen LogP contribution < -0.4 is 5.73 Å². The maximum atomic E-state index is 5.57. The Kier molecular flexibility index (Phi) is 4.19. The van der Waals surface area contributed by atoms with Crippen molar-refractivity contribution in [3.05, 3.63) is 30.0 Å². The third-order valence-electron chi connectivity index (χ3n) is 2.20. The first-order valence-electron chi connectivity index (χ1n) is 5.79. The van der Waals surface area contributed by atoms with Gasteiger partial charge in [-0.05, 0) is 18.1 Å². The van der Waals surface area contributed by atoms with Gasteiger partial charge in [-0.25, -0.2) is 4.98 Å². The number of pyridine rings is 1. The Labute approximate surface area is 110 Å². The number of nitrogens with two attached hydrogens (primary N) is 1. The molecule has 0 atom stereocenters. The number of nitrogen functional groups attached to an aromatic ring is 1. The fourth-order valence-electron chi connectivity index (χ4n) is 1.40. The van der Waals surface area contributed by atoms with Gasteiger partial charge in [0.25, 0.3) is 0 Å². The predicted octanol–water partition coefficient (Wildman–Crippen LogP) is 2.54. The van der Waals surface area contributed by atoms with Crippen molar-refractivity contribution in [1.82, 2.24) is 15.1 Å². The van der Waals surface area contributed by atoms with Gasteiger partial charge < -0.3 is 10.3 Å². The second-order valence-corrected chi connectivity index (χ2v) is 5.42. The third-order valence-corrected chi connectivity index (χ3v) is 3.14. The maximum absolute atomic E-state index is 5.57. The van der Waals surface area contributed by atoms with Crippen molar-refractivity contribution < 1.29 is 4.52 Å². The quantitative estimate of drug-likeness (QED) is 0.836. The van der Waals surface area contributed by atoms with Crippen molar-refractivity contribution in [1.29, 1.82) is 0 Å². The molecule has 0 spiro atoms. The first-order valence-corrected chi connectivity index (χ1v) is 6.78. The monoisotopic (exact) mass is 264 g/mol. The number of nitrogens with zero attached hydrogens (tertiary/aromatic N) is 3. The van der Waals surface area contributed by atoms with Crippen LogP contribution in [0.15, 0.2) is 27.9 Å². The van der Waals surface area contributed by atoms with Gasteiger partial charge in [0.1, 0.15) is 0 Å². The van der Waals surface area contributed by atoms with E-state index >= 15 is 0 Å². The lowest BCUT2D eigenvalue weighted by Gasteiger charge is -1.98. The number of thioether (sulfide) groups is 1. The zero-order valence-electron chi connectivity index (χ0n) is 10.5. The summed E-state index contributed by atoms with van der Waals surface area (Å²) in [6, 6.07) is 3.71. The highest BCUT2D eigenvalue weighted by Crippen LogP contribution is 2.20. The molecular weight excluding hydrogens is 248 g/mol. The number of hydrogen-bond donors (Lipinski definition) is 1. The summed E-state index contributed by atoms with van der Waals surface area (Å²) in [5.41, 5.74) is 6.24. The molecule has 0 aromatic carbocycles. The fourth-order valence-corrected chi connectivity index (χ4v) is 2.08. The molecule has 2 N–H and O–H groups in total. The Bertz CT molecular complexity index is 495. The van der Waals surface area contributed by atoms with E-state index in [4.69, 9.17) is 10.3 Å². The molecule has 5 nitrogen and oxygen atoms in total. The van der Waals surface area contributed by atoms with Crippen LogP contribution >= 0.6 is 11.8 Å². The van der Waals surface area contributed by atoms with Gasteiger partial charge in [0, 0.05) is 6.42 Å². The van der Waals surface area contributed by atoms with Gasteiger partial charge in [0.05, 0.1) is 22.7 Å². The molecular formula is C12H16N4OS. The molecule has 2 rings (SSSR count). The second kappa shape index (κ2) is 5.86. The number of aromatic nitrogens is 3. The summed E-state index contributed by atoms with van der Waals surface area (Å²) in [5, 5.41) is 4.84.